The molecule has 1 fully saturated rings. The maximum atomic E-state index is 14.5. The van der Waals surface area contributed by atoms with Gasteiger partial charge < -0.3 is 19.9 Å². The average Bonchev–Trinajstić information content (AvgIpc) is 3.15. The fourth-order valence-electron chi connectivity index (χ4n) is 3.19. The summed E-state index contributed by atoms with van der Waals surface area (Å²) in [6, 6.07) is 2.81. The minimum Gasteiger partial charge on any atom is -0.423 e. The molecular formula is C16H20BFN2O4. The quantitative estimate of drug-likeness (QED) is 0.770. The number of hydrogen-bond donors (Lipinski definition) is 2. The fourth-order valence-corrected chi connectivity index (χ4v) is 3.19. The van der Waals surface area contributed by atoms with Crippen LogP contribution in [-0.4, -0.2) is 48.0 Å². The number of nitrogens with zero attached hydrogens (tertiary/aromatic N) is 1. The van der Waals surface area contributed by atoms with Gasteiger partial charge in [0.1, 0.15) is 5.82 Å². The number of hydrogen-bond acceptors (Lipinski definition) is 4. The molecule has 8 heteroatoms. The predicted molar refractivity (Wildman–Crippen MR) is 86.2 cm³/mol. The molecule has 0 saturated carbocycles. The summed E-state index contributed by atoms with van der Waals surface area (Å²) < 4.78 is 19.5. The topological polar surface area (TPSA) is 78.9 Å². The molecule has 1 atom stereocenters. The van der Waals surface area contributed by atoms with E-state index in [2.05, 4.69) is 5.32 Å². The highest BCUT2D eigenvalue weighted by atomic mass is 19.1. The lowest BCUT2D eigenvalue weighted by Crippen LogP contribution is -2.40. The summed E-state index contributed by atoms with van der Waals surface area (Å²) >= 11 is 0. The molecule has 0 bridgehead atoms. The van der Waals surface area contributed by atoms with Gasteiger partial charge in [-0.1, -0.05) is 13.0 Å². The van der Waals surface area contributed by atoms with Crippen LogP contribution in [0.15, 0.2) is 12.1 Å². The van der Waals surface area contributed by atoms with Crippen molar-refractivity contribution in [3.63, 3.8) is 0 Å². The van der Waals surface area contributed by atoms with E-state index in [9.17, 15) is 19.0 Å². The van der Waals surface area contributed by atoms with Crippen molar-refractivity contribution in [1.82, 2.24) is 10.2 Å². The number of carbonyl (C=O) groups is 2. The normalized spacial score (nSPS) is 19.5. The molecule has 2 N–H and O–H groups in total. The SMILES string of the molecule is CCCC(=O)N1CCC(NC(=O)c2ccc3c(c2F)B(O)OC3)C1. The van der Waals surface area contributed by atoms with E-state index in [1.165, 1.54) is 6.07 Å². The molecule has 2 amide bonds. The van der Waals surface area contributed by atoms with E-state index in [1.807, 2.05) is 6.92 Å². The van der Waals surface area contributed by atoms with Crippen molar-refractivity contribution in [3.8, 4) is 0 Å². The first-order valence-electron chi connectivity index (χ1n) is 8.20. The number of amides is 2. The van der Waals surface area contributed by atoms with Crippen molar-refractivity contribution in [2.75, 3.05) is 13.1 Å². The Kier molecular flexibility index (Phi) is 4.87. The molecule has 2 heterocycles. The van der Waals surface area contributed by atoms with Gasteiger partial charge >= 0.3 is 7.12 Å². The molecule has 6 nitrogen and oxygen atoms in total. The predicted octanol–water partition coefficient (Wildman–Crippen LogP) is 0.174. The van der Waals surface area contributed by atoms with Crippen LogP contribution in [0.1, 0.15) is 42.1 Å². The Morgan fingerprint density at radius 1 is 1.50 bits per heavy atom. The Hall–Kier alpha value is -1.93. The van der Waals surface area contributed by atoms with Gasteiger partial charge in [0.05, 0.1) is 12.2 Å². The fraction of sp³-hybridized carbons (Fsp3) is 0.500. The molecule has 1 unspecified atom stereocenters. The smallest absolute Gasteiger partial charge is 0.423 e. The molecule has 1 aromatic rings. The summed E-state index contributed by atoms with van der Waals surface area (Å²) in [5.41, 5.74) is 0.471. The van der Waals surface area contributed by atoms with Crippen molar-refractivity contribution >= 4 is 24.4 Å². The molecule has 0 spiro atoms. The van der Waals surface area contributed by atoms with E-state index >= 15 is 0 Å². The minimum absolute atomic E-state index is 0.0359. The number of benzene rings is 1. The van der Waals surface area contributed by atoms with Crippen molar-refractivity contribution in [2.45, 2.75) is 38.8 Å². The monoisotopic (exact) mass is 334 g/mol. The van der Waals surface area contributed by atoms with Crippen LogP contribution in [0.4, 0.5) is 4.39 Å². The lowest BCUT2D eigenvalue weighted by atomic mass is 9.78. The minimum atomic E-state index is -1.33. The average molecular weight is 334 g/mol. The summed E-state index contributed by atoms with van der Waals surface area (Å²) in [5.74, 6) is -1.20. The van der Waals surface area contributed by atoms with Gasteiger partial charge in [0.15, 0.2) is 0 Å². The molecular weight excluding hydrogens is 314 g/mol. The second-order valence-corrected chi connectivity index (χ2v) is 6.21. The van der Waals surface area contributed by atoms with Gasteiger partial charge in [0.25, 0.3) is 5.91 Å². The molecule has 128 valence electrons. The van der Waals surface area contributed by atoms with E-state index < -0.39 is 18.8 Å². The maximum absolute atomic E-state index is 14.5. The highest BCUT2D eigenvalue weighted by Crippen LogP contribution is 2.17. The van der Waals surface area contributed by atoms with Crippen molar-refractivity contribution in [1.29, 1.82) is 0 Å². The van der Waals surface area contributed by atoms with Gasteiger partial charge in [0.2, 0.25) is 5.91 Å². The number of halogens is 1. The van der Waals surface area contributed by atoms with Gasteiger partial charge in [-0.25, -0.2) is 4.39 Å². The Bertz CT molecular complexity index is 670. The van der Waals surface area contributed by atoms with Crippen LogP contribution >= 0.6 is 0 Å². The van der Waals surface area contributed by atoms with Crippen molar-refractivity contribution in [2.24, 2.45) is 0 Å². The lowest BCUT2D eigenvalue weighted by molar-refractivity contribution is -0.130. The van der Waals surface area contributed by atoms with E-state index in [1.54, 1.807) is 11.0 Å². The van der Waals surface area contributed by atoms with Crippen molar-refractivity contribution in [3.05, 3.63) is 29.1 Å². The highest BCUT2D eigenvalue weighted by Gasteiger charge is 2.34. The number of carbonyl (C=O) groups excluding carboxylic acids is 2. The number of rotatable bonds is 4. The van der Waals surface area contributed by atoms with Crippen LogP contribution in [0.2, 0.25) is 0 Å². The van der Waals surface area contributed by atoms with E-state index in [0.29, 0.717) is 31.5 Å². The Balaban J connectivity index is 1.66. The van der Waals surface area contributed by atoms with Crippen molar-refractivity contribution < 1.29 is 23.7 Å². The van der Waals surface area contributed by atoms with Gasteiger partial charge in [-0.15, -0.1) is 0 Å². The zero-order chi connectivity index (χ0) is 17.3. The maximum Gasteiger partial charge on any atom is 0.494 e. The highest BCUT2D eigenvalue weighted by molar-refractivity contribution is 6.61. The first-order valence-corrected chi connectivity index (χ1v) is 8.20. The summed E-state index contributed by atoms with van der Waals surface area (Å²) in [7, 11) is -1.33. The molecule has 2 aliphatic rings. The third-order valence-electron chi connectivity index (χ3n) is 4.50. The third kappa shape index (κ3) is 3.16. The molecule has 0 aliphatic carbocycles. The molecule has 1 saturated heterocycles. The lowest BCUT2D eigenvalue weighted by Gasteiger charge is -2.17. The molecule has 1 aromatic carbocycles. The standard InChI is InChI=1S/C16H20BFN2O4/c1-2-3-13(21)20-7-6-11(8-20)19-16(22)12-5-4-10-9-24-17(23)14(10)15(12)18/h4-5,11,23H,2-3,6-9H2,1H3,(H,19,22). The first kappa shape index (κ1) is 16.9. The summed E-state index contributed by atoms with van der Waals surface area (Å²) in [5, 5.41) is 12.4. The van der Waals surface area contributed by atoms with E-state index in [0.717, 1.165) is 6.42 Å². The largest absolute Gasteiger partial charge is 0.494 e. The van der Waals surface area contributed by atoms with E-state index in [-0.39, 0.29) is 29.6 Å². The van der Waals surface area contributed by atoms with Gasteiger partial charge in [-0.05, 0) is 24.5 Å². The van der Waals surface area contributed by atoms with Gasteiger partial charge in [-0.2, -0.15) is 0 Å². The van der Waals surface area contributed by atoms with Gasteiger partial charge in [0, 0.05) is 31.0 Å². The van der Waals surface area contributed by atoms with Crippen LogP contribution in [-0.2, 0) is 16.1 Å². The van der Waals surface area contributed by atoms with Crippen LogP contribution in [0.25, 0.3) is 0 Å². The van der Waals surface area contributed by atoms with E-state index in [4.69, 9.17) is 4.65 Å². The Labute approximate surface area is 140 Å². The van der Waals surface area contributed by atoms with Gasteiger partial charge in [-0.3, -0.25) is 9.59 Å². The molecule has 24 heavy (non-hydrogen) atoms. The number of likely N-dealkylation sites (tertiary alicyclic amines) is 1. The molecule has 2 aliphatic heterocycles. The van der Waals surface area contributed by atoms with Crippen LogP contribution in [0.3, 0.4) is 0 Å². The number of nitrogens with one attached hydrogen (secondary N) is 1. The summed E-state index contributed by atoms with van der Waals surface area (Å²) in [6.45, 7) is 3.13. The second kappa shape index (κ2) is 6.90. The van der Waals surface area contributed by atoms with Crippen LogP contribution in [0.5, 0.6) is 0 Å². The summed E-state index contributed by atoms with van der Waals surface area (Å²) in [6.07, 6.45) is 1.94. The summed E-state index contributed by atoms with van der Waals surface area (Å²) in [4.78, 5) is 26.0. The Morgan fingerprint density at radius 2 is 2.29 bits per heavy atom. The Morgan fingerprint density at radius 3 is 3.04 bits per heavy atom. The van der Waals surface area contributed by atoms with Crippen LogP contribution < -0.4 is 10.8 Å². The first-order chi connectivity index (χ1) is 11.5. The number of fused-ring (bicyclic) bond motifs is 1. The second-order valence-electron chi connectivity index (χ2n) is 6.21. The third-order valence-corrected chi connectivity index (χ3v) is 4.50. The molecule has 0 radical (unpaired) electrons. The zero-order valence-corrected chi connectivity index (χ0v) is 13.5. The molecule has 0 aromatic heterocycles. The molecule has 3 rings (SSSR count). The zero-order valence-electron chi connectivity index (χ0n) is 13.5. The van der Waals surface area contributed by atoms with Crippen LogP contribution in [0, 0.1) is 5.82 Å².